The number of ether oxygens (including phenoxy) is 1. The summed E-state index contributed by atoms with van der Waals surface area (Å²) in [5.74, 6) is 0.475. The van der Waals surface area contributed by atoms with Gasteiger partial charge in [0, 0.05) is 18.7 Å². The van der Waals surface area contributed by atoms with Gasteiger partial charge in [0.25, 0.3) is 0 Å². The monoisotopic (exact) mass is 342 g/mol. The van der Waals surface area contributed by atoms with Crippen molar-refractivity contribution in [1.82, 2.24) is 25.0 Å². The molecule has 0 amide bonds. The Morgan fingerprint density at radius 2 is 1.92 bits per heavy atom. The summed E-state index contributed by atoms with van der Waals surface area (Å²) in [5.41, 5.74) is 1.77. The molecule has 0 spiro atoms. The molecule has 8 heteroatoms. The van der Waals surface area contributed by atoms with E-state index in [4.69, 9.17) is 4.74 Å². The van der Waals surface area contributed by atoms with Crippen LogP contribution < -0.4 is 4.90 Å². The third-order valence-electron chi connectivity index (χ3n) is 4.28. The highest BCUT2D eigenvalue weighted by Crippen LogP contribution is 2.24. The Labute approximate surface area is 144 Å². The number of aromatic nitrogens is 5. The van der Waals surface area contributed by atoms with E-state index in [1.807, 2.05) is 13.8 Å². The van der Waals surface area contributed by atoms with E-state index >= 15 is 0 Å². The van der Waals surface area contributed by atoms with Gasteiger partial charge in [-0.25, -0.2) is 19.0 Å². The number of rotatable bonds is 3. The van der Waals surface area contributed by atoms with E-state index in [0.717, 1.165) is 18.9 Å². The highest BCUT2D eigenvalue weighted by Gasteiger charge is 2.26. The van der Waals surface area contributed by atoms with Gasteiger partial charge in [0.1, 0.15) is 12.1 Å². The lowest BCUT2D eigenvalue weighted by Gasteiger charge is -2.35. The van der Waals surface area contributed by atoms with Crippen molar-refractivity contribution in [2.24, 2.45) is 0 Å². The largest absolute Gasteiger partial charge is 0.372 e. The zero-order chi connectivity index (χ0) is 17.4. The first kappa shape index (κ1) is 15.9. The first-order valence-corrected chi connectivity index (χ1v) is 8.30. The first-order chi connectivity index (χ1) is 12.1. The summed E-state index contributed by atoms with van der Waals surface area (Å²) in [7, 11) is 0. The summed E-state index contributed by atoms with van der Waals surface area (Å²) in [5, 5.41) is 8.42. The molecule has 0 aliphatic carbocycles. The second-order valence-electron chi connectivity index (χ2n) is 6.37. The van der Waals surface area contributed by atoms with E-state index in [-0.39, 0.29) is 24.6 Å². The molecule has 0 saturated carbocycles. The second-order valence-corrected chi connectivity index (χ2v) is 6.37. The minimum Gasteiger partial charge on any atom is -0.372 e. The number of halogens is 1. The lowest BCUT2D eigenvalue weighted by Crippen LogP contribution is -2.46. The minimum atomic E-state index is -0.267. The van der Waals surface area contributed by atoms with Gasteiger partial charge in [-0.3, -0.25) is 0 Å². The molecule has 1 aliphatic heterocycles. The Morgan fingerprint density at radius 3 is 2.68 bits per heavy atom. The van der Waals surface area contributed by atoms with E-state index in [1.165, 1.54) is 12.4 Å². The number of anilines is 1. The van der Waals surface area contributed by atoms with Gasteiger partial charge in [0.2, 0.25) is 0 Å². The average Bonchev–Trinajstić information content (AvgIpc) is 2.99. The standard InChI is InChI=1S/C17H19FN6O/c1-11-7-23(8-12(2)25-11)16-15-17(20-10-19-16)24(22-21-15)9-13-5-3-4-6-14(13)18/h3-6,10-12H,7-9H2,1-2H3. The summed E-state index contributed by atoms with van der Waals surface area (Å²) in [6.07, 6.45) is 1.73. The van der Waals surface area contributed by atoms with Gasteiger partial charge in [-0.1, -0.05) is 23.4 Å². The van der Waals surface area contributed by atoms with Gasteiger partial charge in [-0.15, -0.1) is 5.10 Å². The number of hydrogen-bond donors (Lipinski definition) is 0. The average molecular weight is 342 g/mol. The van der Waals surface area contributed by atoms with Crippen LogP contribution in [0.3, 0.4) is 0 Å². The van der Waals surface area contributed by atoms with Crippen LogP contribution in [0.1, 0.15) is 19.4 Å². The van der Waals surface area contributed by atoms with Crippen LogP contribution in [0, 0.1) is 5.82 Å². The molecule has 130 valence electrons. The Morgan fingerprint density at radius 1 is 1.16 bits per heavy atom. The van der Waals surface area contributed by atoms with Gasteiger partial charge in [0.05, 0.1) is 18.8 Å². The lowest BCUT2D eigenvalue weighted by molar-refractivity contribution is -0.00538. The van der Waals surface area contributed by atoms with Crippen LogP contribution in [0.4, 0.5) is 10.2 Å². The van der Waals surface area contributed by atoms with E-state index in [1.54, 1.807) is 22.9 Å². The maximum absolute atomic E-state index is 13.9. The quantitative estimate of drug-likeness (QED) is 0.725. The Bertz CT molecular complexity index is 888. The number of benzene rings is 1. The van der Waals surface area contributed by atoms with E-state index in [0.29, 0.717) is 16.7 Å². The van der Waals surface area contributed by atoms with Crippen molar-refractivity contribution in [2.75, 3.05) is 18.0 Å². The van der Waals surface area contributed by atoms with Crippen LogP contribution in [0.2, 0.25) is 0 Å². The van der Waals surface area contributed by atoms with Crippen LogP contribution in [0.5, 0.6) is 0 Å². The molecule has 0 radical (unpaired) electrons. The van der Waals surface area contributed by atoms with Gasteiger partial charge in [-0.2, -0.15) is 0 Å². The molecule has 2 aromatic heterocycles. The molecular formula is C17H19FN6O. The van der Waals surface area contributed by atoms with Crippen molar-refractivity contribution in [3.8, 4) is 0 Å². The summed E-state index contributed by atoms with van der Waals surface area (Å²) in [6.45, 7) is 5.81. The molecule has 25 heavy (non-hydrogen) atoms. The number of morpholine rings is 1. The second kappa shape index (κ2) is 6.36. The third kappa shape index (κ3) is 3.05. The van der Waals surface area contributed by atoms with Crippen molar-refractivity contribution < 1.29 is 9.13 Å². The predicted octanol–water partition coefficient (Wildman–Crippen LogP) is 2.02. The van der Waals surface area contributed by atoms with Crippen molar-refractivity contribution in [3.05, 3.63) is 42.0 Å². The number of nitrogens with zero attached hydrogens (tertiary/aromatic N) is 6. The van der Waals surface area contributed by atoms with Gasteiger partial charge >= 0.3 is 0 Å². The highest BCUT2D eigenvalue weighted by atomic mass is 19.1. The van der Waals surface area contributed by atoms with Crippen LogP contribution in [-0.2, 0) is 11.3 Å². The van der Waals surface area contributed by atoms with Crippen LogP contribution in [0.15, 0.2) is 30.6 Å². The molecule has 2 unspecified atom stereocenters. The van der Waals surface area contributed by atoms with Crippen LogP contribution >= 0.6 is 0 Å². The Balaban J connectivity index is 1.70. The van der Waals surface area contributed by atoms with E-state index < -0.39 is 0 Å². The van der Waals surface area contributed by atoms with E-state index in [9.17, 15) is 4.39 Å². The predicted molar refractivity (Wildman–Crippen MR) is 90.8 cm³/mol. The fourth-order valence-electron chi connectivity index (χ4n) is 3.26. The molecule has 7 nitrogen and oxygen atoms in total. The number of hydrogen-bond acceptors (Lipinski definition) is 6. The topological polar surface area (TPSA) is 69.0 Å². The molecule has 4 rings (SSSR count). The molecule has 3 aromatic rings. The molecule has 0 bridgehead atoms. The van der Waals surface area contributed by atoms with Crippen molar-refractivity contribution in [1.29, 1.82) is 0 Å². The zero-order valence-corrected chi connectivity index (χ0v) is 14.1. The maximum atomic E-state index is 13.9. The Kier molecular flexibility index (Phi) is 4.04. The normalized spacial score (nSPS) is 21.0. The van der Waals surface area contributed by atoms with Crippen LogP contribution in [0.25, 0.3) is 11.2 Å². The SMILES string of the molecule is CC1CN(c2ncnc3c2nnn3Cc2ccccc2F)CC(C)O1. The molecule has 1 fully saturated rings. The summed E-state index contributed by atoms with van der Waals surface area (Å²) >= 11 is 0. The first-order valence-electron chi connectivity index (χ1n) is 8.30. The molecule has 3 heterocycles. The van der Waals surface area contributed by atoms with Gasteiger partial charge in [0.15, 0.2) is 17.0 Å². The Hall–Kier alpha value is -2.61. The van der Waals surface area contributed by atoms with Gasteiger partial charge < -0.3 is 9.64 Å². The van der Waals surface area contributed by atoms with E-state index in [2.05, 4.69) is 25.2 Å². The minimum absolute atomic E-state index is 0.113. The van der Waals surface area contributed by atoms with Crippen molar-refractivity contribution in [3.63, 3.8) is 0 Å². The molecular weight excluding hydrogens is 323 g/mol. The summed E-state index contributed by atoms with van der Waals surface area (Å²) < 4.78 is 21.3. The molecule has 1 saturated heterocycles. The molecule has 1 aromatic carbocycles. The van der Waals surface area contributed by atoms with Crippen molar-refractivity contribution >= 4 is 17.0 Å². The smallest absolute Gasteiger partial charge is 0.184 e. The number of fused-ring (bicyclic) bond motifs is 1. The van der Waals surface area contributed by atoms with Gasteiger partial charge in [-0.05, 0) is 19.9 Å². The van der Waals surface area contributed by atoms with Crippen molar-refractivity contribution in [2.45, 2.75) is 32.6 Å². The maximum Gasteiger partial charge on any atom is 0.184 e. The highest BCUT2D eigenvalue weighted by molar-refractivity contribution is 5.82. The third-order valence-corrected chi connectivity index (χ3v) is 4.28. The summed E-state index contributed by atoms with van der Waals surface area (Å²) in [4.78, 5) is 10.9. The fraction of sp³-hybridized carbons (Fsp3) is 0.412. The molecule has 0 N–H and O–H groups in total. The zero-order valence-electron chi connectivity index (χ0n) is 14.1. The fourth-order valence-corrected chi connectivity index (χ4v) is 3.26. The van der Waals surface area contributed by atoms with Crippen LogP contribution in [-0.4, -0.2) is 50.3 Å². The lowest BCUT2D eigenvalue weighted by atomic mass is 10.2. The molecule has 2 atom stereocenters. The molecule has 1 aliphatic rings. The summed E-state index contributed by atoms with van der Waals surface area (Å²) in [6, 6.07) is 6.63.